The highest BCUT2D eigenvalue weighted by molar-refractivity contribution is 5.96. The minimum absolute atomic E-state index is 0.0818. The number of carboxylic acid groups (broad SMARTS) is 1. The number of benzene rings is 1. The zero-order valence-corrected chi connectivity index (χ0v) is 13.4. The number of nitriles is 1. The summed E-state index contributed by atoms with van der Waals surface area (Å²) in [7, 11) is 1.54. The first-order valence-electron chi connectivity index (χ1n) is 7.28. The molecule has 1 aromatic carbocycles. The Morgan fingerprint density at radius 1 is 1.40 bits per heavy atom. The fourth-order valence-electron chi connectivity index (χ4n) is 2.15. The number of nitrogens with zero attached hydrogens (tertiary/aromatic N) is 3. The minimum Gasteiger partial charge on any atom is -0.544 e. The number of carbonyl (C=O) groups excluding carboxylic acids is 2. The molecule has 0 spiro atoms. The van der Waals surface area contributed by atoms with Crippen molar-refractivity contribution in [3.63, 3.8) is 0 Å². The van der Waals surface area contributed by atoms with Crippen molar-refractivity contribution < 1.29 is 19.4 Å². The van der Waals surface area contributed by atoms with Crippen LogP contribution in [0.3, 0.4) is 0 Å². The molecule has 0 aliphatic heterocycles. The number of ether oxygens (including phenoxy) is 1. The molecular weight excluding hydrogens is 324 g/mol. The SMILES string of the molecule is COc1ccc(-c2nn(CCC(N)=O)cc2/C=C(/C#N)C(=O)[O-])cc1. The van der Waals surface area contributed by atoms with Crippen LogP contribution < -0.4 is 15.6 Å². The van der Waals surface area contributed by atoms with Crippen molar-refractivity contribution in [2.24, 2.45) is 5.73 Å². The van der Waals surface area contributed by atoms with Gasteiger partial charge < -0.3 is 20.4 Å². The van der Waals surface area contributed by atoms with Gasteiger partial charge in [-0.3, -0.25) is 9.48 Å². The van der Waals surface area contributed by atoms with E-state index in [1.165, 1.54) is 10.8 Å². The van der Waals surface area contributed by atoms with Crippen LogP contribution in [0.4, 0.5) is 0 Å². The smallest absolute Gasteiger partial charge is 0.219 e. The number of carboxylic acids is 1. The molecule has 2 rings (SSSR count). The van der Waals surface area contributed by atoms with Crippen LogP contribution in [0.25, 0.3) is 17.3 Å². The van der Waals surface area contributed by atoms with Gasteiger partial charge in [0.1, 0.15) is 11.8 Å². The molecule has 0 aliphatic rings. The fourth-order valence-corrected chi connectivity index (χ4v) is 2.15. The minimum atomic E-state index is -1.58. The van der Waals surface area contributed by atoms with Gasteiger partial charge in [-0.2, -0.15) is 10.4 Å². The molecule has 0 radical (unpaired) electrons. The van der Waals surface area contributed by atoms with Gasteiger partial charge in [0.05, 0.1) is 24.3 Å². The monoisotopic (exact) mass is 339 g/mol. The maximum atomic E-state index is 11.0. The second kappa shape index (κ2) is 7.79. The summed E-state index contributed by atoms with van der Waals surface area (Å²) in [4.78, 5) is 21.9. The Balaban J connectivity index is 2.49. The molecule has 1 heterocycles. The summed E-state index contributed by atoms with van der Waals surface area (Å²) >= 11 is 0. The van der Waals surface area contributed by atoms with Gasteiger partial charge in [-0.1, -0.05) is 0 Å². The van der Waals surface area contributed by atoms with E-state index in [1.54, 1.807) is 43.6 Å². The van der Waals surface area contributed by atoms with Gasteiger partial charge in [0.25, 0.3) is 0 Å². The molecule has 1 amide bonds. The number of aliphatic carboxylic acids is 1. The van der Waals surface area contributed by atoms with Crippen molar-refractivity contribution in [1.82, 2.24) is 9.78 Å². The van der Waals surface area contributed by atoms with E-state index in [0.29, 0.717) is 22.6 Å². The third-order valence-corrected chi connectivity index (χ3v) is 3.38. The second-order valence-electron chi connectivity index (χ2n) is 5.10. The number of primary amides is 1. The summed E-state index contributed by atoms with van der Waals surface area (Å²) in [6, 6.07) is 8.54. The molecule has 0 fully saturated rings. The predicted octanol–water partition coefficient (Wildman–Crippen LogP) is 0.0910. The molecule has 8 nitrogen and oxygen atoms in total. The van der Waals surface area contributed by atoms with Gasteiger partial charge in [-0.05, 0) is 30.3 Å². The van der Waals surface area contributed by atoms with Crippen molar-refractivity contribution in [1.29, 1.82) is 5.26 Å². The highest BCUT2D eigenvalue weighted by Crippen LogP contribution is 2.26. The van der Waals surface area contributed by atoms with Crippen LogP contribution in [0.1, 0.15) is 12.0 Å². The maximum absolute atomic E-state index is 11.0. The fraction of sp³-hybridized carbons (Fsp3) is 0.176. The van der Waals surface area contributed by atoms with E-state index in [2.05, 4.69) is 5.10 Å². The third-order valence-electron chi connectivity index (χ3n) is 3.38. The van der Waals surface area contributed by atoms with Gasteiger partial charge in [0, 0.05) is 30.3 Å². The Bertz CT molecular complexity index is 860. The molecule has 0 unspecified atom stereocenters. The largest absolute Gasteiger partial charge is 0.544 e. The quantitative estimate of drug-likeness (QED) is 0.561. The first-order chi connectivity index (χ1) is 11.9. The standard InChI is InChI=1S/C17H16N4O4/c1-25-14-4-2-11(3-5-14)16-13(8-12(9-18)17(23)24)10-21(20-16)7-6-15(19)22/h2-5,8,10H,6-7H2,1H3,(H2,19,22)(H,23,24)/p-1/b12-8-. The lowest BCUT2D eigenvalue weighted by Gasteiger charge is -2.03. The molecule has 0 bridgehead atoms. The van der Waals surface area contributed by atoms with Crippen molar-refractivity contribution >= 4 is 18.0 Å². The Morgan fingerprint density at radius 3 is 2.60 bits per heavy atom. The lowest BCUT2D eigenvalue weighted by atomic mass is 10.1. The van der Waals surface area contributed by atoms with Crippen LogP contribution in [-0.2, 0) is 16.1 Å². The molecule has 8 heteroatoms. The van der Waals surface area contributed by atoms with E-state index in [-0.39, 0.29) is 13.0 Å². The summed E-state index contributed by atoms with van der Waals surface area (Å²) in [6.45, 7) is 0.236. The number of aromatic nitrogens is 2. The van der Waals surface area contributed by atoms with Crippen LogP contribution in [0.2, 0.25) is 0 Å². The van der Waals surface area contributed by atoms with Gasteiger partial charge in [0.15, 0.2) is 0 Å². The van der Waals surface area contributed by atoms with Gasteiger partial charge >= 0.3 is 0 Å². The Labute approximate surface area is 143 Å². The average Bonchev–Trinajstić information content (AvgIpc) is 3.00. The number of aryl methyl sites for hydroxylation is 1. The molecule has 2 N–H and O–H groups in total. The zero-order valence-electron chi connectivity index (χ0n) is 13.4. The number of methoxy groups -OCH3 is 1. The Kier molecular flexibility index (Phi) is 5.53. The molecule has 0 atom stereocenters. The van der Waals surface area contributed by atoms with Gasteiger partial charge in [-0.15, -0.1) is 0 Å². The summed E-state index contributed by atoms with van der Waals surface area (Å²) in [5, 5.41) is 24.3. The Morgan fingerprint density at radius 2 is 2.08 bits per heavy atom. The first kappa shape index (κ1) is 17.7. The van der Waals surface area contributed by atoms with E-state index in [0.717, 1.165) is 0 Å². The van der Waals surface area contributed by atoms with E-state index in [4.69, 9.17) is 15.7 Å². The van der Waals surface area contributed by atoms with Crippen molar-refractivity contribution in [3.05, 3.63) is 41.6 Å². The van der Waals surface area contributed by atoms with Crippen molar-refractivity contribution in [3.8, 4) is 23.1 Å². The highest BCUT2D eigenvalue weighted by Gasteiger charge is 2.12. The van der Waals surface area contributed by atoms with E-state index in [1.807, 2.05) is 0 Å². The maximum Gasteiger partial charge on any atom is 0.219 e. The van der Waals surface area contributed by atoms with Crippen LogP contribution >= 0.6 is 0 Å². The van der Waals surface area contributed by atoms with E-state index in [9.17, 15) is 14.7 Å². The number of amides is 1. The van der Waals surface area contributed by atoms with Crippen LogP contribution in [-0.4, -0.2) is 28.8 Å². The Hall–Kier alpha value is -3.60. The van der Waals surface area contributed by atoms with Crippen LogP contribution in [0.15, 0.2) is 36.0 Å². The number of carbonyl (C=O) groups is 2. The second-order valence-corrected chi connectivity index (χ2v) is 5.10. The molecule has 0 saturated heterocycles. The normalized spacial score (nSPS) is 11.0. The number of hydrogen-bond acceptors (Lipinski definition) is 6. The third kappa shape index (κ3) is 4.45. The van der Waals surface area contributed by atoms with Gasteiger partial charge in [0.2, 0.25) is 5.91 Å². The van der Waals surface area contributed by atoms with Crippen LogP contribution in [0.5, 0.6) is 5.75 Å². The molecule has 2 aromatic rings. The highest BCUT2D eigenvalue weighted by atomic mass is 16.5. The predicted molar refractivity (Wildman–Crippen MR) is 86.6 cm³/mol. The van der Waals surface area contributed by atoms with Crippen molar-refractivity contribution in [2.45, 2.75) is 13.0 Å². The summed E-state index contributed by atoms with van der Waals surface area (Å²) in [5.41, 5.74) is 6.18. The summed E-state index contributed by atoms with van der Waals surface area (Å²) < 4.78 is 6.57. The first-order valence-corrected chi connectivity index (χ1v) is 7.28. The topological polar surface area (TPSA) is 134 Å². The zero-order chi connectivity index (χ0) is 18.4. The van der Waals surface area contributed by atoms with Crippen LogP contribution in [0, 0.1) is 11.3 Å². The molecule has 25 heavy (non-hydrogen) atoms. The summed E-state index contributed by atoms with van der Waals surface area (Å²) in [5.74, 6) is -1.40. The molecule has 1 aromatic heterocycles. The van der Waals surface area contributed by atoms with E-state index < -0.39 is 17.4 Å². The molecule has 0 aliphatic carbocycles. The molecule has 0 saturated carbocycles. The lowest BCUT2D eigenvalue weighted by Crippen LogP contribution is -2.23. The molecular formula is C17H15N4O4-. The van der Waals surface area contributed by atoms with Crippen molar-refractivity contribution in [2.75, 3.05) is 7.11 Å². The number of hydrogen-bond donors (Lipinski definition) is 1. The average molecular weight is 339 g/mol. The number of rotatable bonds is 7. The van der Waals surface area contributed by atoms with E-state index >= 15 is 0 Å². The van der Waals surface area contributed by atoms with Gasteiger partial charge in [-0.25, -0.2) is 0 Å². The lowest BCUT2D eigenvalue weighted by molar-refractivity contribution is -0.298. The number of nitrogens with two attached hydrogens (primary N) is 1. The summed E-state index contributed by atoms with van der Waals surface area (Å²) in [6.07, 6.45) is 2.81. The molecule has 128 valence electrons.